The molecular weight excluding hydrogens is 296 g/mol. The Morgan fingerprint density at radius 3 is 2.67 bits per heavy atom. The van der Waals surface area contributed by atoms with Crippen molar-refractivity contribution in [3.05, 3.63) is 28.7 Å². The fourth-order valence-corrected chi connectivity index (χ4v) is 2.91. The molecule has 1 saturated carbocycles. The van der Waals surface area contributed by atoms with Gasteiger partial charge >= 0.3 is 5.97 Å². The highest BCUT2D eigenvalue weighted by Crippen LogP contribution is 2.33. The molecule has 4 heteroatoms. The molecule has 1 aromatic rings. The smallest absolute Gasteiger partial charge is 0.310 e. The highest BCUT2D eigenvalue weighted by Gasteiger charge is 2.31. The van der Waals surface area contributed by atoms with Crippen LogP contribution in [0.2, 0.25) is 0 Å². The average molecular weight is 313 g/mol. The van der Waals surface area contributed by atoms with Crippen molar-refractivity contribution in [3.63, 3.8) is 0 Å². The van der Waals surface area contributed by atoms with E-state index in [0.717, 1.165) is 30.2 Å². The normalized spacial score (nSPS) is 17.6. The SMILES string of the molecule is O=C(O)C(COc1ccccc1Br)C1CCCC1. The number of rotatable bonds is 5. The molecule has 0 bridgehead atoms. The molecule has 0 saturated heterocycles. The van der Waals surface area contributed by atoms with Crippen LogP contribution in [0.25, 0.3) is 0 Å². The number of carboxylic acid groups (broad SMARTS) is 1. The summed E-state index contributed by atoms with van der Waals surface area (Å²) in [6, 6.07) is 7.52. The first-order chi connectivity index (χ1) is 8.68. The largest absolute Gasteiger partial charge is 0.491 e. The monoisotopic (exact) mass is 312 g/mol. The van der Waals surface area contributed by atoms with Crippen molar-refractivity contribution in [1.82, 2.24) is 0 Å². The van der Waals surface area contributed by atoms with Crippen LogP contribution in [-0.4, -0.2) is 17.7 Å². The molecule has 0 aliphatic heterocycles. The Hall–Kier alpha value is -1.03. The predicted octanol–water partition coefficient (Wildman–Crippen LogP) is 3.72. The van der Waals surface area contributed by atoms with Gasteiger partial charge in [0.05, 0.1) is 10.4 Å². The fraction of sp³-hybridized carbons (Fsp3) is 0.500. The minimum absolute atomic E-state index is 0.253. The summed E-state index contributed by atoms with van der Waals surface area (Å²) in [6.07, 6.45) is 4.31. The summed E-state index contributed by atoms with van der Waals surface area (Å²) in [4.78, 5) is 11.3. The van der Waals surface area contributed by atoms with Crippen LogP contribution in [0.5, 0.6) is 5.75 Å². The number of hydrogen-bond donors (Lipinski definition) is 1. The quantitative estimate of drug-likeness (QED) is 0.901. The first-order valence-corrected chi connectivity index (χ1v) is 7.08. The van der Waals surface area contributed by atoms with E-state index < -0.39 is 5.97 Å². The van der Waals surface area contributed by atoms with Crippen molar-refractivity contribution in [1.29, 1.82) is 0 Å². The number of carbonyl (C=O) groups is 1. The molecule has 1 aliphatic carbocycles. The van der Waals surface area contributed by atoms with Crippen molar-refractivity contribution in [3.8, 4) is 5.75 Å². The van der Waals surface area contributed by atoms with E-state index in [1.807, 2.05) is 24.3 Å². The number of hydrogen-bond acceptors (Lipinski definition) is 2. The molecule has 0 aromatic heterocycles. The van der Waals surface area contributed by atoms with E-state index in [2.05, 4.69) is 15.9 Å². The summed E-state index contributed by atoms with van der Waals surface area (Å²) >= 11 is 3.39. The van der Waals surface area contributed by atoms with Gasteiger partial charge in [-0.05, 0) is 46.8 Å². The Morgan fingerprint density at radius 1 is 1.39 bits per heavy atom. The van der Waals surface area contributed by atoms with E-state index in [1.165, 1.54) is 0 Å². The lowest BCUT2D eigenvalue weighted by Crippen LogP contribution is -2.28. The molecule has 1 N–H and O–H groups in total. The molecule has 3 nitrogen and oxygen atoms in total. The van der Waals surface area contributed by atoms with Crippen molar-refractivity contribution < 1.29 is 14.6 Å². The topological polar surface area (TPSA) is 46.5 Å². The number of ether oxygens (including phenoxy) is 1. The third-order valence-electron chi connectivity index (χ3n) is 3.54. The lowest BCUT2D eigenvalue weighted by Gasteiger charge is -2.19. The third-order valence-corrected chi connectivity index (χ3v) is 4.20. The van der Waals surface area contributed by atoms with Crippen molar-refractivity contribution in [2.45, 2.75) is 25.7 Å². The van der Waals surface area contributed by atoms with Crippen LogP contribution in [0.15, 0.2) is 28.7 Å². The van der Waals surface area contributed by atoms with Gasteiger partial charge in [0.1, 0.15) is 12.4 Å². The van der Waals surface area contributed by atoms with Gasteiger partial charge in [-0.1, -0.05) is 25.0 Å². The van der Waals surface area contributed by atoms with Crippen LogP contribution in [0.3, 0.4) is 0 Å². The Bertz CT molecular complexity index is 413. The van der Waals surface area contributed by atoms with Crippen LogP contribution in [0.4, 0.5) is 0 Å². The van der Waals surface area contributed by atoms with Gasteiger partial charge in [-0.3, -0.25) is 4.79 Å². The van der Waals surface area contributed by atoms with Crippen LogP contribution in [-0.2, 0) is 4.79 Å². The van der Waals surface area contributed by atoms with Gasteiger partial charge in [-0.25, -0.2) is 0 Å². The molecule has 0 spiro atoms. The Balaban J connectivity index is 1.97. The molecule has 0 radical (unpaired) electrons. The minimum Gasteiger partial charge on any atom is -0.491 e. The Kier molecular flexibility index (Phi) is 4.64. The number of benzene rings is 1. The standard InChI is InChI=1S/C14H17BrO3/c15-12-7-3-4-8-13(12)18-9-11(14(16)17)10-5-1-2-6-10/h3-4,7-8,10-11H,1-2,5-6,9H2,(H,16,17). The molecule has 1 unspecified atom stereocenters. The molecule has 0 heterocycles. The lowest BCUT2D eigenvalue weighted by molar-refractivity contribution is -0.144. The number of aliphatic carboxylic acids is 1. The minimum atomic E-state index is -0.742. The van der Waals surface area contributed by atoms with Crippen LogP contribution < -0.4 is 4.74 Å². The molecule has 1 aromatic carbocycles. The van der Waals surface area contributed by atoms with Gasteiger partial charge in [-0.2, -0.15) is 0 Å². The molecule has 0 amide bonds. The van der Waals surface area contributed by atoms with Gasteiger partial charge < -0.3 is 9.84 Å². The summed E-state index contributed by atoms with van der Waals surface area (Å²) < 4.78 is 6.51. The Labute approximate surface area is 115 Å². The Morgan fingerprint density at radius 2 is 2.06 bits per heavy atom. The van der Waals surface area contributed by atoms with E-state index in [1.54, 1.807) is 0 Å². The molecule has 1 aliphatic rings. The van der Waals surface area contributed by atoms with Crippen LogP contribution >= 0.6 is 15.9 Å². The highest BCUT2D eigenvalue weighted by molar-refractivity contribution is 9.10. The maximum absolute atomic E-state index is 11.3. The fourth-order valence-electron chi connectivity index (χ4n) is 2.51. The second-order valence-corrected chi connectivity index (χ2v) is 5.59. The molecule has 2 rings (SSSR count). The summed E-state index contributed by atoms with van der Waals surface area (Å²) in [5.74, 6) is -0.153. The maximum Gasteiger partial charge on any atom is 0.310 e. The maximum atomic E-state index is 11.3. The van der Waals surface area contributed by atoms with Crippen molar-refractivity contribution in [2.75, 3.05) is 6.61 Å². The second-order valence-electron chi connectivity index (χ2n) is 4.73. The lowest BCUT2D eigenvalue weighted by atomic mass is 9.92. The first-order valence-electron chi connectivity index (χ1n) is 6.28. The third kappa shape index (κ3) is 3.25. The van der Waals surface area contributed by atoms with Gasteiger partial charge in [0.15, 0.2) is 0 Å². The zero-order valence-electron chi connectivity index (χ0n) is 10.1. The van der Waals surface area contributed by atoms with E-state index >= 15 is 0 Å². The number of para-hydroxylation sites is 1. The number of halogens is 1. The molecule has 1 fully saturated rings. The van der Waals surface area contributed by atoms with Crippen LogP contribution in [0, 0.1) is 11.8 Å². The van der Waals surface area contributed by atoms with E-state index in [0.29, 0.717) is 5.75 Å². The van der Waals surface area contributed by atoms with Gasteiger partial charge in [-0.15, -0.1) is 0 Å². The molecule has 18 heavy (non-hydrogen) atoms. The average Bonchev–Trinajstić information content (AvgIpc) is 2.85. The first kappa shape index (κ1) is 13.4. The summed E-state index contributed by atoms with van der Waals surface area (Å²) in [5, 5.41) is 9.29. The second kappa shape index (κ2) is 6.23. The van der Waals surface area contributed by atoms with E-state index in [9.17, 15) is 9.90 Å². The molecule has 1 atom stereocenters. The van der Waals surface area contributed by atoms with Crippen molar-refractivity contribution >= 4 is 21.9 Å². The number of carboxylic acids is 1. The molecular formula is C14H17BrO3. The summed E-state index contributed by atoms with van der Waals surface area (Å²) in [5.41, 5.74) is 0. The molecule has 98 valence electrons. The highest BCUT2D eigenvalue weighted by atomic mass is 79.9. The van der Waals surface area contributed by atoms with Gasteiger partial charge in [0.2, 0.25) is 0 Å². The van der Waals surface area contributed by atoms with E-state index in [-0.39, 0.29) is 18.4 Å². The summed E-state index contributed by atoms with van der Waals surface area (Å²) in [6.45, 7) is 0.253. The predicted molar refractivity (Wildman–Crippen MR) is 72.7 cm³/mol. The van der Waals surface area contributed by atoms with Gasteiger partial charge in [0.25, 0.3) is 0 Å². The van der Waals surface area contributed by atoms with Crippen molar-refractivity contribution in [2.24, 2.45) is 11.8 Å². The summed E-state index contributed by atoms with van der Waals surface area (Å²) in [7, 11) is 0. The van der Waals surface area contributed by atoms with E-state index in [4.69, 9.17) is 4.74 Å². The zero-order chi connectivity index (χ0) is 13.0. The van der Waals surface area contributed by atoms with Crippen LogP contribution in [0.1, 0.15) is 25.7 Å². The zero-order valence-corrected chi connectivity index (χ0v) is 11.7. The van der Waals surface area contributed by atoms with Gasteiger partial charge in [0, 0.05) is 0 Å².